The van der Waals surface area contributed by atoms with Crippen LogP contribution in [0.2, 0.25) is 0 Å². The molecule has 0 amide bonds. The van der Waals surface area contributed by atoms with Crippen molar-refractivity contribution in [2.24, 2.45) is 76.9 Å². The molecule has 0 aliphatic heterocycles. The molecule has 8 aliphatic carbocycles. The molecule has 95 heavy (non-hydrogen) atoms. The predicted molar refractivity (Wildman–Crippen MR) is 349 cm³/mol. The third-order valence-electron chi connectivity index (χ3n) is 25.1. The van der Waals surface area contributed by atoms with Gasteiger partial charge in [0.15, 0.2) is 69.8 Å². The Kier molecular flexibility index (Phi) is 27.7. The van der Waals surface area contributed by atoms with E-state index in [2.05, 4.69) is 32.4 Å². The molecule has 0 heterocycles. The SMILES string of the molecule is CC1CCC(C2CCC(C(F)(F)Oc3cc(F)c(F)c(F)c3)CC2)CC1.CC1CCC(C2CCC(c3cc(F)c(F)c(F)c3)CC2)CC1.CCC1CCC(C2CCC(c3cc(F)c(F)c(F)c3)CC2)CC1.CCCC1CCC(C2CCC(c3cc(F)c(F)c(F)c3)CC2)CC1. The van der Waals surface area contributed by atoms with E-state index in [0.717, 1.165) is 149 Å². The van der Waals surface area contributed by atoms with Crippen molar-refractivity contribution in [2.45, 2.75) is 276 Å². The van der Waals surface area contributed by atoms with Gasteiger partial charge in [-0.3, -0.25) is 0 Å². The summed E-state index contributed by atoms with van der Waals surface area (Å²) in [5.74, 6) is -6.80. The third kappa shape index (κ3) is 20.4. The highest BCUT2D eigenvalue weighted by atomic mass is 19.3. The van der Waals surface area contributed by atoms with E-state index in [0.29, 0.717) is 53.5 Å². The minimum absolute atomic E-state index is 0.183. The smallest absolute Gasteiger partial charge is 0.400 e. The lowest BCUT2D eigenvalue weighted by atomic mass is 9.68. The van der Waals surface area contributed by atoms with Crippen molar-refractivity contribution >= 4 is 0 Å². The van der Waals surface area contributed by atoms with Gasteiger partial charge in [-0.25, -0.2) is 52.7 Å². The van der Waals surface area contributed by atoms with E-state index in [1.807, 2.05) is 0 Å². The van der Waals surface area contributed by atoms with Crippen molar-refractivity contribution in [3.05, 3.63) is 135 Å². The molecule has 0 spiro atoms. The van der Waals surface area contributed by atoms with Gasteiger partial charge < -0.3 is 4.74 Å². The van der Waals surface area contributed by atoms with Gasteiger partial charge in [0, 0.05) is 12.1 Å². The summed E-state index contributed by atoms with van der Waals surface area (Å²) in [6.45, 7) is 9.16. The second kappa shape index (κ2) is 35.1. The van der Waals surface area contributed by atoms with E-state index in [-0.39, 0.29) is 17.8 Å². The number of benzene rings is 4. The van der Waals surface area contributed by atoms with E-state index in [4.69, 9.17) is 0 Å². The maximum atomic E-state index is 14.4. The van der Waals surface area contributed by atoms with E-state index in [1.54, 1.807) is 0 Å². The number of rotatable bonds is 13. The summed E-state index contributed by atoms with van der Waals surface area (Å²) in [6, 6.07) is 8.06. The van der Waals surface area contributed by atoms with E-state index in [1.165, 1.54) is 158 Å². The van der Waals surface area contributed by atoms with Crippen LogP contribution in [0.1, 0.15) is 287 Å². The van der Waals surface area contributed by atoms with Crippen molar-refractivity contribution in [1.82, 2.24) is 0 Å². The van der Waals surface area contributed by atoms with Gasteiger partial charge in [0.1, 0.15) is 5.75 Å². The Morgan fingerprint density at radius 2 is 0.537 bits per heavy atom. The number of halogens is 14. The molecule has 8 saturated carbocycles. The molecule has 530 valence electrons. The lowest BCUT2D eigenvalue weighted by Crippen LogP contribution is -2.38. The first-order valence-electron chi connectivity index (χ1n) is 37.1. The minimum atomic E-state index is -3.53. The van der Waals surface area contributed by atoms with E-state index >= 15 is 0 Å². The summed E-state index contributed by atoms with van der Waals surface area (Å²) in [5, 5.41) is 0. The van der Waals surface area contributed by atoms with Gasteiger partial charge >= 0.3 is 6.11 Å². The van der Waals surface area contributed by atoms with Gasteiger partial charge in [0.25, 0.3) is 0 Å². The summed E-state index contributed by atoms with van der Waals surface area (Å²) in [7, 11) is 0. The lowest BCUT2D eigenvalue weighted by molar-refractivity contribution is -0.224. The Hall–Kier alpha value is -4.30. The predicted octanol–water partition coefficient (Wildman–Crippen LogP) is 26.5. The van der Waals surface area contributed by atoms with Crippen LogP contribution >= 0.6 is 0 Å². The number of hydrogen-bond donors (Lipinski definition) is 0. The number of alkyl halides is 2. The number of hydrogen-bond acceptors (Lipinski definition) is 1. The van der Waals surface area contributed by atoms with Crippen molar-refractivity contribution in [2.75, 3.05) is 0 Å². The van der Waals surface area contributed by atoms with Crippen LogP contribution in [-0.2, 0) is 0 Å². The molecule has 0 unspecified atom stereocenters. The zero-order valence-electron chi connectivity index (χ0n) is 56.8. The molecule has 1 nitrogen and oxygen atoms in total. The average molecular weight is 1350 g/mol. The summed E-state index contributed by atoms with van der Waals surface area (Å²) < 4.78 is 193. The topological polar surface area (TPSA) is 9.23 Å². The first-order chi connectivity index (χ1) is 45.5. The maximum Gasteiger partial charge on any atom is 0.400 e. The second-order valence-corrected chi connectivity index (χ2v) is 31.0. The van der Waals surface area contributed by atoms with Crippen LogP contribution in [-0.4, -0.2) is 6.11 Å². The van der Waals surface area contributed by atoms with Crippen LogP contribution in [0.3, 0.4) is 0 Å². The second-order valence-electron chi connectivity index (χ2n) is 31.0. The van der Waals surface area contributed by atoms with Gasteiger partial charge in [0.05, 0.1) is 5.92 Å². The molecular formula is C80H106F14O. The van der Waals surface area contributed by atoms with Crippen molar-refractivity contribution in [3.8, 4) is 5.75 Å². The first-order valence-corrected chi connectivity index (χ1v) is 37.1. The van der Waals surface area contributed by atoms with Crippen LogP contribution in [0.5, 0.6) is 5.75 Å². The largest absolute Gasteiger partial charge is 0.432 e. The molecule has 4 aromatic rings. The Morgan fingerprint density at radius 3 is 0.800 bits per heavy atom. The van der Waals surface area contributed by atoms with Crippen LogP contribution in [0, 0.1) is 147 Å². The molecular weight excluding hydrogens is 1240 g/mol. The van der Waals surface area contributed by atoms with Gasteiger partial charge in [-0.1, -0.05) is 98.3 Å². The Labute approximate surface area is 557 Å². The van der Waals surface area contributed by atoms with Crippen LogP contribution in [0.4, 0.5) is 61.5 Å². The van der Waals surface area contributed by atoms with Crippen LogP contribution < -0.4 is 4.74 Å². The fraction of sp³-hybridized carbons (Fsp3) is 0.700. The summed E-state index contributed by atoms with van der Waals surface area (Å²) >= 11 is 0. The molecule has 4 aromatic carbocycles. The first kappa shape index (κ1) is 74.9. The van der Waals surface area contributed by atoms with Crippen molar-refractivity contribution in [3.63, 3.8) is 0 Å². The minimum Gasteiger partial charge on any atom is -0.432 e. The zero-order valence-corrected chi connectivity index (χ0v) is 56.8. The Bertz CT molecular complexity index is 2900. The van der Waals surface area contributed by atoms with Gasteiger partial charge in [-0.15, -0.1) is 0 Å². The highest BCUT2D eigenvalue weighted by Gasteiger charge is 2.46. The van der Waals surface area contributed by atoms with Gasteiger partial charge in [0.2, 0.25) is 0 Å². The fourth-order valence-electron chi connectivity index (χ4n) is 18.9. The van der Waals surface area contributed by atoms with E-state index < -0.39 is 87.6 Å². The molecule has 0 atom stereocenters. The summed E-state index contributed by atoms with van der Waals surface area (Å²) in [4.78, 5) is 0. The molecule has 0 N–H and O–H groups in total. The standard InChI is InChI=1S/C21H29F3.C20H25F5O.C20H27F3.C19H25F3/c1-2-3-14-4-6-15(7-5-14)16-8-10-17(11-9-16)18-12-19(22)21(24)20(23)13-18;1-12-2-4-13(5-3-12)14-6-8-15(9-7-14)20(24,25)26-16-10-17(21)19(23)18(22)11-16;1-2-13-3-5-14(6-4-13)15-7-9-16(10-8-15)17-11-18(21)20(23)19(22)12-17;1-12-2-4-13(5-3-12)14-6-8-15(9-7-14)16-10-17(20)19(22)18(21)11-16/h12-17H,2-11H2,1H3;10-15H,2-9H2,1H3;11-16H,2-10H2,1H3;10-15H,2-9H2,1H3. The summed E-state index contributed by atoms with van der Waals surface area (Å²) in [5.41, 5.74) is 1.90. The lowest BCUT2D eigenvalue weighted by Gasteiger charge is -2.38. The third-order valence-corrected chi connectivity index (χ3v) is 25.1. The Morgan fingerprint density at radius 1 is 0.305 bits per heavy atom. The Balaban J connectivity index is 0.000000149. The highest BCUT2D eigenvalue weighted by molar-refractivity contribution is 5.27. The average Bonchev–Trinajstić information content (AvgIpc) is 0.998. The van der Waals surface area contributed by atoms with Crippen LogP contribution in [0.15, 0.2) is 48.5 Å². The van der Waals surface area contributed by atoms with Crippen molar-refractivity contribution in [1.29, 1.82) is 0 Å². The molecule has 0 aromatic heterocycles. The van der Waals surface area contributed by atoms with Gasteiger partial charge in [-0.05, 0) is 296 Å². The molecule has 15 heteroatoms. The molecule has 8 aliphatic rings. The number of ether oxygens (including phenoxy) is 1. The molecule has 0 bridgehead atoms. The monoisotopic (exact) mass is 1350 g/mol. The van der Waals surface area contributed by atoms with Crippen LogP contribution in [0.25, 0.3) is 0 Å². The normalized spacial score (nSPS) is 31.5. The van der Waals surface area contributed by atoms with Crippen molar-refractivity contribution < 1.29 is 66.2 Å². The zero-order chi connectivity index (χ0) is 68.1. The molecule has 0 saturated heterocycles. The molecule has 12 rings (SSSR count). The molecule has 8 fully saturated rings. The highest BCUT2D eigenvalue weighted by Crippen LogP contribution is 2.50. The van der Waals surface area contributed by atoms with E-state index in [9.17, 15) is 61.5 Å². The summed E-state index contributed by atoms with van der Waals surface area (Å²) in [6.07, 6.45) is 36.4. The fourth-order valence-corrected chi connectivity index (χ4v) is 18.9. The maximum absolute atomic E-state index is 14.4. The van der Waals surface area contributed by atoms with Gasteiger partial charge in [-0.2, -0.15) is 8.78 Å². The quantitative estimate of drug-likeness (QED) is 0.0958. The molecule has 0 radical (unpaired) electrons.